The molecule has 4 unspecified atom stereocenters. The largest absolute Gasteiger partial charge is 0.368 e. The second-order valence-electron chi connectivity index (χ2n) is 7.24. The van der Waals surface area contributed by atoms with Crippen molar-refractivity contribution in [3.63, 3.8) is 0 Å². The number of nitrogens with two attached hydrogens (primary N) is 1. The van der Waals surface area contributed by atoms with E-state index in [0.717, 1.165) is 11.8 Å². The molecule has 2 aliphatic heterocycles. The highest BCUT2D eigenvalue weighted by Crippen LogP contribution is 2.62. The Morgan fingerprint density at radius 3 is 2.36 bits per heavy atom. The topological polar surface area (TPSA) is 105 Å². The van der Waals surface area contributed by atoms with Crippen LogP contribution in [-0.4, -0.2) is 48.6 Å². The zero-order valence-corrected chi connectivity index (χ0v) is 16.9. The molecule has 0 radical (unpaired) electrons. The van der Waals surface area contributed by atoms with Crippen LogP contribution in [0.3, 0.4) is 0 Å². The summed E-state index contributed by atoms with van der Waals surface area (Å²) in [6, 6.07) is -0.749. The normalized spacial score (nSPS) is 29.8. The number of amides is 3. The summed E-state index contributed by atoms with van der Waals surface area (Å²) in [5, 5.41) is 4.94. The van der Waals surface area contributed by atoms with Crippen molar-refractivity contribution in [3.8, 4) is 0 Å². The van der Waals surface area contributed by atoms with Crippen molar-refractivity contribution < 1.29 is 14.4 Å². The Kier molecular flexibility index (Phi) is 8.29. The number of rotatable bonds is 5. The molecular formula is C17H33N4O3P. The van der Waals surface area contributed by atoms with Crippen LogP contribution < -0.4 is 16.4 Å². The van der Waals surface area contributed by atoms with Gasteiger partial charge in [-0.05, 0) is 30.1 Å². The first-order valence-corrected chi connectivity index (χ1v) is 9.55. The first-order chi connectivity index (χ1) is 11.8. The highest BCUT2D eigenvalue weighted by atomic mass is 31.0. The molecule has 144 valence electrons. The lowest BCUT2D eigenvalue weighted by Crippen LogP contribution is -2.42. The minimum Gasteiger partial charge on any atom is -0.368 e. The van der Waals surface area contributed by atoms with Crippen molar-refractivity contribution in [2.75, 3.05) is 19.6 Å². The maximum absolute atomic E-state index is 11.2. The Bertz CT molecular complexity index is 473. The molecule has 0 aromatic heterocycles. The zero-order chi connectivity index (χ0) is 19.2. The van der Waals surface area contributed by atoms with Gasteiger partial charge in [0.15, 0.2) is 0 Å². The number of hydrogen-bond acceptors (Lipinski definition) is 4. The third-order valence-electron chi connectivity index (χ3n) is 5.45. The van der Waals surface area contributed by atoms with Gasteiger partial charge in [-0.15, -0.1) is 0 Å². The summed E-state index contributed by atoms with van der Waals surface area (Å²) >= 11 is 0. The van der Waals surface area contributed by atoms with Crippen molar-refractivity contribution in [2.45, 2.75) is 46.6 Å². The lowest BCUT2D eigenvalue weighted by molar-refractivity contribution is -0.125. The maximum Gasteiger partial charge on any atom is 0.240 e. The highest BCUT2D eigenvalue weighted by molar-refractivity contribution is 7.13. The Labute approximate surface area is 153 Å². The molecule has 0 spiro atoms. The van der Waals surface area contributed by atoms with Crippen LogP contribution in [0.2, 0.25) is 0 Å². The summed E-state index contributed by atoms with van der Waals surface area (Å²) in [5.41, 5.74) is 5.74. The minimum atomic E-state index is -0.749. The standard InChI is InChI=1S/C8H13N3O3.C7H14NP.C2H6/c9-7(13)6(11-4-12)3-5-1-2-10-8(5)14;1-7(2)5-3-8(9)4-6(5)7;1-2/h4-6H,1-3H2,(H2,9,13)(H,10,14)(H,11,12);5-6H,3-4,9H2,1-2H3;1-2H3/t5-,6?;;/m0../s1. The van der Waals surface area contributed by atoms with E-state index in [0.29, 0.717) is 24.8 Å². The molecule has 3 fully saturated rings. The second kappa shape index (κ2) is 9.48. The summed E-state index contributed by atoms with van der Waals surface area (Å²) in [6.45, 7) is 12.0. The molecule has 3 amide bonds. The Hall–Kier alpha value is -1.20. The van der Waals surface area contributed by atoms with Gasteiger partial charge in [-0.1, -0.05) is 37.1 Å². The fourth-order valence-corrected chi connectivity index (χ4v) is 4.12. The quantitative estimate of drug-likeness (QED) is 0.483. The van der Waals surface area contributed by atoms with Crippen LogP contribution in [0.15, 0.2) is 0 Å². The number of carbonyl (C=O) groups is 3. The molecule has 1 aliphatic carbocycles. The molecule has 0 bridgehead atoms. The van der Waals surface area contributed by atoms with Gasteiger partial charge < -0.3 is 16.4 Å². The van der Waals surface area contributed by atoms with Crippen LogP contribution in [0.1, 0.15) is 40.5 Å². The van der Waals surface area contributed by atoms with E-state index in [2.05, 4.69) is 38.5 Å². The van der Waals surface area contributed by atoms with E-state index in [4.69, 9.17) is 5.73 Å². The number of carbonyl (C=O) groups excluding carboxylic acids is 3. The van der Waals surface area contributed by atoms with Gasteiger partial charge in [0.05, 0.1) is 0 Å². The van der Waals surface area contributed by atoms with Gasteiger partial charge in [-0.25, -0.2) is 0 Å². The summed E-state index contributed by atoms with van der Waals surface area (Å²) in [7, 11) is 2.79. The fourth-order valence-electron chi connectivity index (χ4n) is 3.67. The number of nitrogens with zero attached hydrogens (tertiary/aromatic N) is 1. The lowest BCUT2D eigenvalue weighted by Gasteiger charge is -2.15. The van der Waals surface area contributed by atoms with Gasteiger partial charge in [-0.2, -0.15) is 0 Å². The number of piperidine rings is 1. The monoisotopic (exact) mass is 372 g/mol. The number of nitrogens with one attached hydrogen (secondary N) is 2. The molecule has 1 saturated carbocycles. The minimum absolute atomic E-state index is 0.0797. The van der Waals surface area contributed by atoms with Crippen LogP contribution in [0.25, 0.3) is 0 Å². The van der Waals surface area contributed by atoms with E-state index >= 15 is 0 Å². The van der Waals surface area contributed by atoms with Crippen molar-refractivity contribution in [3.05, 3.63) is 0 Å². The van der Waals surface area contributed by atoms with E-state index in [1.807, 2.05) is 13.8 Å². The SMILES string of the molecule is CC.CC1(C)C2CN(P)CC21.NC(=O)C(C[C@@H]1CCNC1=O)NC=O. The van der Waals surface area contributed by atoms with Crippen LogP contribution in [0.4, 0.5) is 0 Å². The summed E-state index contributed by atoms with van der Waals surface area (Å²) < 4.78 is 2.36. The molecule has 3 aliphatic rings. The van der Waals surface area contributed by atoms with Crippen molar-refractivity contribution >= 4 is 27.6 Å². The first kappa shape index (κ1) is 21.8. The van der Waals surface area contributed by atoms with Gasteiger partial charge in [0.1, 0.15) is 6.04 Å². The third kappa shape index (κ3) is 5.65. The van der Waals surface area contributed by atoms with E-state index < -0.39 is 11.9 Å². The molecular weight excluding hydrogens is 339 g/mol. The van der Waals surface area contributed by atoms with Gasteiger partial charge in [0, 0.05) is 25.6 Å². The number of primary amides is 1. The number of hydrogen-bond donors (Lipinski definition) is 3. The molecule has 5 atom stereocenters. The summed E-state index contributed by atoms with van der Waals surface area (Å²) in [5.74, 6) is 1.10. The van der Waals surface area contributed by atoms with Gasteiger partial charge >= 0.3 is 0 Å². The average Bonchev–Trinajstić information content (AvgIpc) is 2.97. The van der Waals surface area contributed by atoms with Crippen LogP contribution >= 0.6 is 9.39 Å². The van der Waals surface area contributed by atoms with Gasteiger partial charge in [0.2, 0.25) is 18.2 Å². The van der Waals surface area contributed by atoms with Crippen LogP contribution in [0.5, 0.6) is 0 Å². The molecule has 3 rings (SSSR count). The molecule has 0 aromatic rings. The predicted molar refractivity (Wildman–Crippen MR) is 101 cm³/mol. The molecule has 0 aromatic carbocycles. The maximum atomic E-state index is 11.2. The average molecular weight is 372 g/mol. The van der Waals surface area contributed by atoms with E-state index in [1.165, 1.54) is 13.1 Å². The Morgan fingerprint density at radius 1 is 1.44 bits per heavy atom. The Morgan fingerprint density at radius 2 is 2.00 bits per heavy atom. The molecule has 2 heterocycles. The predicted octanol–water partition coefficient (Wildman–Crippen LogP) is 0.503. The fraction of sp³-hybridized carbons (Fsp3) is 0.824. The van der Waals surface area contributed by atoms with Crippen molar-refractivity contribution in [1.82, 2.24) is 15.3 Å². The molecule has 4 N–H and O–H groups in total. The first-order valence-electron chi connectivity index (χ1n) is 9.03. The van der Waals surface area contributed by atoms with Gasteiger partial charge in [-0.3, -0.25) is 19.1 Å². The second-order valence-corrected chi connectivity index (χ2v) is 7.97. The summed E-state index contributed by atoms with van der Waals surface area (Å²) in [6.07, 6.45) is 1.38. The number of fused-ring (bicyclic) bond motifs is 1. The van der Waals surface area contributed by atoms with Crippen LogP contribution in [0, 0.1) is 23.2 Å². The van der Waals surface area contributed by atoms with E-state index in [-0.39, 0.29) is 18.2 Å². The molecule has 25 heavy (non-hydrogen) atoms. The van der Waals surface area contributed by atoms with Gasteiger partial charge in [0.25, 0.3) is 0 Å². The zero-order valence-electron chi connectivity index (χ0n) is 15.7. The lowest BCUT2D eigenvalue weighted by atomic mass is 9.98. The van der Waals surface area contributed by atoms with Crippen molar-refractivity contribution in [2.24, 2.45) is 28.9 Å². The highest BCUT2D eigenvalue weighted by Gasteiger charge is 2.61. The molecule has 2 saturated heterocycles. The smallest absolute Gasteiger partial charge is 0.240 e. The van der Waals surface area contributed by atoms with E-state index in [9.17, 15) is 14.4 Å². The Balaban J connectivity index is 0.000000243. The van der Waals surface area contributed by atoms with E-state index in [1.54, 1.807) is 0 Å². The third-order valence-corrected chi connectivity index (χ3v) is 5.87. The molecule has 8 heteroatoms. The van der Waals surface area contributed by atoms with Crippen molar-refractivity contribution in [1.29, 1.82) is 0 Å². The summed E-state index contributed by atoms with van der Waals surface area (Å²) in [4.78, 5) is 32.2. The molecule has 7 nitrogen and oxygen atoms in total. The van der Waals surface area contributed by atoms with Crippen LogP contribution in [-0.2, 0) is 14.4 Å².